The molecule has 1 aliphatic carbocycles. The van der Waals surface area contributed by atoms with Gasteiger partial charge in [0, 0.05) is 11.1 Å². The molecule has 0 aromatic heterocycles. The zero-order valence-corrected chi connectivity index (χ0v) is 17.5. The molecule has 5 heteroatoms. The Hall–Kier alpha value is -2.79. The van der Waals surface area contributed by atoms with Gasteiger partial charge in [0.2, 0.25) is 0 Å². The van der Waals surface area contributed by atoms with Crippen LogP contribution in [0.3, 0.4) is 0 Å². The fourth-order valence-electron chi connectivity index (χ4n) is 3.89. The quantitative estimate of drug-likeness (QED) is 0.537. The summed E-state index contributed by atoms with van der Waals surface area (Å²) in [6.07, 6.45) is 4.24. The van der Waals surface area contributed by atoms with Crippen molar-refractivity contribution in [3.63, 3.8) is 0 Å². The highest BCUT2D eigenvalue weighted by atomic mass is 32.2. The third-order valence-electron chi connectivity index (χ3n) is 5.38. The highest BCUT2D eigenvalue weighted by Crippen LogP contribution is 2.43. The number of ether oxygens (including phenoxy) is 1. The lowest BCUT2D eigenvalue weighted by atomic mass is 9.85. The highest BCUT2D eigenvalue weighted by Gasteiger charge is 2.24. The number of rotatable bonds is 5. The number of para-hydroxylation sites is 1. The van der Waals surface area contributed by atoms with Crippen LogP contribution in [0.1, 0.15) is 29.5 Å². The Morgan fingerprint density at radius 1 is 0.828 bits per heavy atom. The van der Waals surface area contributed by atoms with E-state index in [1.54, 1.807) is 43.5 Å². The van der Waals surface area contributed by atoms with E-state index in [-0.39, 0.29) is 4.90 Å². The minimum Gasteiger partial charge on any atom is -0.496 e. The zero-order valence-electron chi connectivity index (χ0n) is 16.6. The second kappa shape index (κ2) is 7.91. The molecule has 1 aliphatic rings. The number of hydrogen-bond donors (Lipinski definition) is 0. The van der Waals surface area contributed by atoms with E-state index in [9.17, 15) is 8.42 Å². The van der Waals surface area contributed by atoms with Gasteiger partial charge in [0.1, 0.15) is 10.6 Å². The fourth-order valence-corrected chi connectivity index (χ4v) is 4.84. The van der Waals surface area contributed by atoms with Gasteiger partial charge in [0.05, 0.1) is 7.11 Å². The van der Waals surface area contributed by atoms with Crippen molar-refractivity contribution in [2.24, 2.45) is 0 Å². The summed E-state index contributed by atoms with van der Waals surface area (Å²) in [6.45, 7) is 1.91. The summed E-state index contributed by atoms with van der Waals surface area (Å²) in [5.41, 5.74) is 5.17. The molecule has 0 N–H and O–H groups in total. The van der Waals surface area contributed by atoms with Crippen molar-refractivity contribution in [1.29, 1.82) is 0 Å². The van der Waals surface area contributed by atoms with E-state index >= 15 is 0 Å². The number of benzene rings is 3. The van der Waals surface area contributed by atoms with Gasteiger partial charge in [-0.1, -0.05) is 42.0 Å². The van der Waals surface area contributed by atoms with E-state index in [0.29, 0.717) is 5.75 Å². The Morgan fingerprint density at radius 3 is 2.31 bits per heavy atom. The molecule has 150 valence electrons. The number of fused-ring (bicyclic) bond motifs is 1. The standard InChI is InChI=1S/C24H24O4S/c1-17-11-14-19(15-12-17)29(25,26)28-22-10-6-5-9-21(22)24-20-8-4-3-7-18(20)13-16-23(24)27-2/h5-6,9-16H,3-4,7-8H2,1-2H3. The molecule has 3 aromatic rings. The molecule has 0 spiro atoms. The molecule has 0 unspecified atom stereocenters. The Labute approximate surface area is 172 Å². The molecule has 29 heavy (non-hydrogen) atoms. The summed E-state index contributed by atoms with van der Waals surface area (Å²) >= 11 is 0. The van der Waals surface area contributed by atoms with E-state index in [1.807, 2.05) is 25.1 Å². The van der Waals surface area contributed by atoms with Crippen LogP contribution in [0.5, 0.6) is 11.5 Å². The summed E-state index contributed by atoms with van der Waals surface area (Å²) in [7, 11) is -2.30. The Morgan fingerprint density at radius 2 is 1.55 bits per heavy atom. The molecule has 0 heterocycles. The predicted molar refractivity (Wildman–Crippen MR) is 114 cm³/mol. The SMILES string of the molecule is COc1ccc2c(c1-c1ccccc1OS(=O)(=O)c1ccc(C)cc1)CCCC2. The lowest BCUT2D eigenvalue weighted by Gasteiger charge is -2.23. The fraction of sp³-hybridized carbons (Fsp3) is 0.250. The molecule has 0 saturated carbocycles. The van der Waals surface area contributed by atoms with Crippen molar-refractivity contribution in [3.05, 3.63) is 77.4 Å². The summed E-state index contributed by atoms with van der Waals surface area (Å²) in [4.78, 5) is 0.139. The molecule has 0 bridgehead atoms. The third-order valence-corrected chi connectivity index (χ3v) is 6.63. The van der Waals surface area contributed by atoms with Crippen LogP contribution in [-0.4, -0.2) is 15.5 Å². The van der Waals surface area contributed by atoms with Crippen molar-refractivity contribution in [1.82, 2.24) is 0 Å². The van der Waals surface area contributed by atoms with Gasteiger partial charge >= 0.3 is 10.1 Å². The van der Waals surface area contributed by atoms with E-state index in [2.05, 4.69) is 6.07 Å². The first-order valence-corrected chi connectivity index (χ1v) is 11.2. The highest BCUT2D eigenvalue weighted by molar-refractivity contribution is 7.87. The van der Waals surface area contributed by atoms with Crippen LogP contribution < -0.4 is 8.92 Å². The first-order chi connectivity index (χ1) is 14.0. The van der Waals surface area contributed by atoms with Crippen LogP contribution in [-0.2, 0) is 23.0 Å². The predicted octanol–water partition coefficient (Wildman–Crippen LogP) is 5.32. The van der Waals surface area contributed by atoms with Crippen molar-refractivity contribution < 1.29 is 17.3 Å². The van der Waals surface area contributed by atoms with Gasteiger partial charge < -0.3 is 8.92 Å². The van der Waals surface area contributed by atoms with E-state index in [4.69, 9.17) is 8.92 Å². The molecule has 4 nitrogen and oxygen atoms in total. The summed E-state index contributed by atoms with van der Waals surface area (Å²) < 4.78 is 37.0. The lowest BCUT2D eigenvalue weighted by Crippen LogP contribution is -2.11. The van der Waals surface area contributed by atoms with E-state index in [1.165, 1.54) is 17.5 Å². The average molecular weight is 409 g/mol. The normalized spacial score (nSPS) is 13.6. The molecule has 0 fully saturated rings. The smallest absolute Gasteiger partial charge is 0.339 e. The van der Waals surface area contributed by atoms with Crippen LogP contribution in [0.2, 0.25) is 0 Å². The number of hydrogen-bond acceptors (Lipinski definition) is 4. The van der Waals surface area contributed by atoms with Gasteiger partial charge in [-0.15, -0.1) is 0 Å². The van der Waals surface area contributed by atoms with E-state index < -0.39 is 10.1 Å². The molecule has 0 saturated heterocycles. The molecule has 0 atom stereocenters. The van der Waals surface area contributed by atoms with Crippen molar-refractivity contribution in [2.75, 3.05) is 7.11 Å². The number of methoxy groups -OCH3 is 1. The largest absolute Gasteiger partial charge is 0.496 e. The van der Waals surface area contributed by atoms with Crippen LogP contribution in [0.25, 0.3) is 11.1 Å². The zero-order chi connectivity index (χ0) is 20.4. The molecule has 0 aliphatic heterocycles. The molecular weight excluding hydrogens is 384 g/mol. The first-order valence-electron chi connectivity index (χ1n) is 9.79. The van der Waals surface area contributed by atoms with Crippen LogP contribution in [0.4, 0.5) is 0 Å². The van der Waals surface area contributed by atoms with Crippen molar-refractivity contribution in [3.8, 4) is 22.6 Å². The molecule has 3 aromatic carbocycles. The van der Waals surface area contributed by atoms with Gasteiger partial charge in [0.15, 0.2) is 5.75 Å². The monoisotopic (exact) mass is 408 g/mol. The molecule has 0 radical (unpaired) electrons. The molecule has 0 amide bonds. The second-order valence-electron chi connectivity index (χ2n) is 7.33. The minimum atomic E-state index is -3.94. The molecular formula is C24H24O4S. The van der Waals surface area contributed by atoms with Crippen molar-refractivity contribution >= 4 is 10.1 Å². The Balaban J connectivity index is 1.82. The minimum absolute atomic E-state index is 0.139. The Bertz CT molecular complexity index is 1130. The summed E-state index contributed by atoms with van der Waals surface area (Å²) in [6, 6.07) is 18.0. The van der Waals surface area contributed by atoms with Gasteiger partial charge in [-0.05, 0) is 68.0 Å². The molecule has 4 rings (SSSR count). The summed E-state index contributed by atoms with van der Waals surface area (Å²) in [5, 5.41) is 0. The lowest BCUT2D eigenvalue weighted by molar-refractivity contribution is 0.415. The maximum Gasteiger partial charge on any atom is 0.339 e. The number of aryl methyl sites for hydroxylation is 2. The van der Waals surface area contributed by atoms with Crippen molar-refractivity contribution in [2.45, 2.75) is 37.5 Å². The third kappa shape index (κ3) is 3.87. The van der Waals surface area contributed by atoms with Gasteiger partial charge in [-0.3, -0.25) is 0 Å². The van der Waals surface area contributed by atoms with Crippen LogP contribution in [0, 0.1) is 6.92 Å². The van der Waals surface area contributed by atoms with Crippen LogP contribution >= 0.6 is 0 Å². The van der Waals surface area contributed by atoms with Gasteiger partial charge in [-0.25, -0.2) is 0 Å². The maximum atomic E-state index is 12.9. The van der Waals surface area contributed by atoms with Gasteiger partial charge in [-0.2, -0.15) is 8.42 Å². The van der Waals surface area contributed by atoms with Gasteiger partial charge in [0.25, 0.3) is 0 Å². The first kappa shape index (κ1) is 19.5. The summed E-state index contributed by atoms with van der Waals surface area (Å²) in [5.74, 6) is 1.04. The Kier molecular flexibility index (Phi) is 5.33. The average Bonchev–Trinajstić information content (AvgIpc) is 2.73. The van der Waals surface area contributed by atoms with E-state index in [0.717, 1.165) is 41.7 Å². The maximum absolute atomic E-state index is 12.9. The topological polar surface area (TPSA) is 52.6 Å². The second-order valence-corrected chi connectivity index (χ2v) is 8.88. The van der Waals surface area contributed by atoms with Crippen LogP contribution in [0.15, 0.2) is 65.6 Å².